The van der Waals surface area contributed by atoms with Crippen molar-refractivity contribution in [3.8, 4) is 0 Å². The highest BCUT2D eigenvalue weighted by Gasteiger charge is 2.28. The van der Waals surface area contributed by atoms with Gasteiger partial charge >= 0.3 is 0 Å². The van der Waals surface area contributed by atoms with Crippen molar-refractivity contribution in [1.82, 2.24) is 4.72 Å². The maximum atomic E-state index is 13.2. The Morgan fingerprint density at radius 2 is 1.90 bits per heavy atom. The molecule has 2 rings (SSSR count). The SMILES string of the molecule is Cc1cc(F)cc(C)c1S(=O)(=O)NCC1CCCC1O. The van der Waals surface area contributed by atoms with Gasteiger partial charge in [-0.2, -0.15) is 0 Å². The van der Waals surface area contributed by atoms with E-state index in [1.807, 2.05) is 0 Å². The van der Waals surface area contributed by atoms with Crippen molar-refractivity contribution in [2.75, 3.05) is 6.54 Å². The monoisotopic (exact) mass is 301 g/mol. The van der Waals surface area contributed by atoms with Crippen LogP contribution >= 0.6 is 0 Å². The van der Waals surface area contributed by atoms with Gasteiger partial charge in [0.2, 0.25) is 10.0 Å². The van der Waals surface area contributed by atoms with Gasteiger partial charge in [0.15, 0.2) is 0 Å². The van der Waals surface area contributed by atoms with Crippen LogP contribution in [0.5, 0.6) is 0 Å². The second-order valence-electron chi connectivity index (χ2n) is 5.48. The molecule has 1 fully saturated rings. The van der Waals surface area contributed by atoms with Gasteiger partial charge in [-0.25, -0.2) is 17.5 Å². The van der Waals surface area contributed by atoms with Crippen LogP contribution in [0.25, 0.3) is 0 Å². The summed E-state index contributed by atoms with van der Waals surface area (Å²) in [6, 6.07) is 2.43. The molecule has 112 valence electrons. The first-order chi connectivity index (χ1) is 9.31. The van der Waals surface area contributed by atoms with Crippen LogP contribution in [-0.4, -0.2) is 26.2 Å². The van der Waals surface area contributed by atoms with Gasteiger partial charge in [0.25, 0.3) is 0 Å². The van der Waals surface area contributed by atoms with E-state index < -0.39 is 21.9 Å². The van der Waals surface area contributed by atoms with Crippen molar-refractivity contribution in [3.63, 3.8) is 0 Å². The molecule has 0 bridgehead atoms. The van der Waals surface area contributed by atoms with Crippen molar-refractivity contribution < 1.29 is 17.9 Å². The molecule has 0 amide bonds. The summed E-state index contributed by atoms with van der Waals surface area (Å²) in [7, 11) is -3.68. The van der Waals surface area contributed by atoms with Crippen molar-refractivity contribution in [2.24, 2.45) is 5.92 Å². The Morgan fingerprint density at radius 3 is 2.40 bits per heavy atom. The third-order valence-corrected chi connectivity index (χ3v) is 5.58. The van der Waals surface area contributed by atoms with E-state index in [0.717, 1.165) is 19.3 Å². The normalized spacial score (nSPS) is 23.2. The molecule has 0 radical (unpaired) electrons. The van der Waals surface area contributed by atoms with Crippen LogP contribution in [0.2, 0.25) is 0 Å². The lowest BCUT2D eigenvalue weighted by molar-refractivity contribution is 0.134. The Morgan fingerprint density at radius 1 is 1.30 bits per heavy atom. The summed E-state index contributed by atoms with van der Waals surface area (Å²) in [6.45, 7) is 3.38. The van der Waals surface area contributed by atoms with E-state index in [1.54, 1.807) is 13.8 Å². The molecule has 2 N–H and O–H groups in total. The summed E-state index contributed by atoms with van der Waals surface area (Å²) in [4.78, 5) is 0.131. The molecule has 0 aliphatic heterocycles. The Bertz CT molecular complexity index is 577. The van der Waals surface area contributed by atoms with E-state index in [-0.39, 0.29) is 17.4 Å². The first-order valence-corrected chi connectivity index (χ1v) is 8.24. The molecule has 6 heteroatoms. The molecule has 20 heavy (non-hydrogen) atoms. The molecular formula is C14H20FNO3S. The maximum absolute atomic E-state index is 13.2. The third kappa shape index (κ3) is 3.19. The highest BCUT2D eigenvalue weighted by Crippen LogP contribution is 2.26. The van der Waals surface area contributed by atoms with Gasteiger partial charge in [0.1, 0.15) is 5.82 Å². The van der Waals surface area contributed by atoms with Crippen molar-refractivity contribution in [1.29, 1.82) is 0 Å². The molecule has 0 saturated heterocycles. The summed E-state index contributed by atoms with van der Waals surface area (Å²) < 4.78 is 40.4. The smallest absolute Gasteiger partial charge is 0.241 e. The fourth-order valence-electron chi connectivity index (χ4n) is 2.87. The lowest BCUT2D eigenvalue weighted by atomic mass is 10.1. The van der Waals surface area contributed by atoms with E-state index in [4.69, 9.17) is 0 Å². The third-order valence-electron chi connectivity index (χ3n) is 3.85. The molecule has 1 saturated carbocycles. The number of nitrogens with one attached hydrogen (secondary N) is 1. The molecule has 1 aliphatic rings. The number of rotatable bonds is 4. The molecule has 1 aliphatic carbocycles. The van der Waals surface area contributed by atoms with Gasteiger partial charge in [-0.3, -0.25) is 0 Å². The van der Waals surface area contributed by atoms with E-state index in [9.17, 15) is 17.9 Å². The number of aryl methyl sites for hydroxylation is 2. The Balaban J connectivity index is 2.18. The summed E-state index contributed by atoms with van der Waals surface area (Å²) in [5, 5.41) is 9.72. The van der Waals surface area contributed by atoms with Crippen molar-refractivity contribution >= 4 is 10.0 Å². The fourth-order valence-corrected chi connectivity index (χ4v) is 4.41. The van der Waals surface area contributed by atoms with Crippen LogP contribution < -0.4 is 4.72 Å². The second kappa shape index (κ2) is 5.79. The Kier molecular flexibility index (Phi) is 4.46. The zero-order chi connectivity index (χ0) is 14.9. The summed E-state index contributed by atoms with van der Waals surface area (Å²) in [5.41, 5.74) is 0.781. The highest BCUT2D eigenvalue weighted by molar-refractivity contribution is 7.89. The number of aliphatic hydroxyl groups is 1. The molecule has 2 unspecified atom stereocenters. The minimum atomic E-state index is -3.68. The molecule has 1 aromatic rings. The first-order valence-electron chi connectivity index (χ1n) is 6.76. The number of benzene rings is 1. The van der Waals surface area contributed by atoms with E-state index in [2.05, 4.69) is 4.72 Å². The molecule has 0 heterocycles. The summed E-state index contributed by atoms with van der Waals surface area (Å²) >= 11 is 0. The van der Waals surface area contributed by atoms with E-state index >= 15 is 0 Å². The predicted octanol–water partition coefficient (Wildman–Crippen LogP) is 1.88. The van der Waals surface area contributed by atoms with Gasteiger partial charge in [-0.05, 0) is 55.9 Å². The minimum absolute atomic E-state index is 0.0363. The molecule has 2 atom stereocenters. The Hall–Kier alpha value is -0.980. The average Bonchev–Trinajstić information content (AvgIpc) is 2.70. The Labute approximate surface area is 119 Å². The number of hydrogen-bond acceptors (Lipinski definition) is 3. The summed E-state index contributed by atoms with van der Waals surface area (Å²) in [6.07, 6.45) is 2.03. The maximum Gasteiger partial charge on any atom is 0.241 e. The number of halogens is 1. The van der Waals surface area contributed by atoms with Crippen LogP contribution in [0.15, 0.2) is 17.0 Å². The van der Waals surface area contributed by atoms with Gasteiger partial charge < -0.3 is 5.11 Å². The fraction of sp³-hybridized carbons (Fsp3) is 0.571. The van der Waals surface area contributed by atoms with Crippen LogP contribution in [0.1, 0.15) is 30.4 Å². The van der Waals surface area contributed by atoms with Crippen molar-refractivity contribution in [3.05, 3.63) is 29.1 Å². The number of sulfonamides is 1. The first kappa shape index (κ1) is 15.4. The number of aliphatic hydroxyl groups excluding tert-OH is 1. The topological polar surface area (TPSA) is 66.4 Å². The van der Waals surface area contributed by atoms with Gasteiger partial charge in [0, 0.05) is 6.54 Å². The lowest BCUT2D eigenvalue weighted by Gasteiger charge is -2.17. The molecule has 1 aromatic carbocycles. The van der Waals surface area contributed by atoms with E-state index in [1.165, 1.54) is 12.1 Å². The van der Waals surface area contributed by atoms with Gasteiger partial charge in [-0.15, -0.1) is 0 Å². The molecule has 0 spiro atoms. The van der Waals surface area contributed by atoms with E-state index in [0.29, 0.717) is 11.1 Å². The van der Waals surface area contributed by atoms with Gasteiger partial charge in [-0.1, -0.05) is 6.42 Å². The molecule has 0 aromatic heterocycles. The van der Waals surface area contributed by atoms with Crippen LogP contribution in [0.4, 0.5) is 4.39 Å². The van der Waals surface area contributed by atoms with Crippen LogP contribution in [0.3, 0.4) is 0 Å². The second-order valence-corrected chi connectivity index (χ2v) is 7.18. The number of hydrogen-bond donors (Lipinski definition) is 2. The quantitative estimate of drug-likeness (QED) is 0.892. The zero-order valence-corrected chi connectivity index (χ0v) is 12.5. The largest absolute Gasteiger partial charge is 0.393 e. The van der Waals surface area contributed by atoms with Crippen LogP contribution in [0, 0.1) is 25.6 Å². The predicted molar refractivity (Wildman–Crippen MR) is 74.4 cm³/mol. The van der Waals surface area contributed by atoms with Crippen molar-refractivity contribution in [2.45, 2.75) is 44.1 Å². The average molecular weight is 301 g/mol. The molecular weight excluding hydrogens is 281 g/mol. The highest BCUT2D eigenvalue weighted by atomic mass is 32.2. The van der Waals surface area contributed by atoms with Gasteiger partial charge in [0.05, 0.1) is 11.0 Å². The summed E-state index contributed by atoms with van der Waals surface area (Å²) in [5.74, 6) is -0.476. The van der Waals surface area contributed by atoms with Crippen LogP contribution in [-0.2, 0) is 10.0 Å². The zero-order valence-electron chi connectivity index (χ0n) is 11.7. The standard InChI is InChI=1S/C14H20FNO3S/c1-9-6-12(15)7-10(2)14(9)20(18,19)16-8-11-4-3-5-13(11)17/h6-7,11,13,16-17H,3-5,8H2,1-2H3. The lowest BCUT2D eigenvalue weighted by Crippen LogP contribution is -2.33. The minimum Gasteiger partial charge on any atom is -0.393 e. The molecule has 4 nitrogen and oxygen atoms in total.